The highest BCUT2D eigenvalue weighted by atomic mass is 19.1. The zero-order valence-corrected chi connectivity index (χ0v) is 22.4. The SMILES string of the molecule is C=CC(=O)N1CC[C@@H]2C[C@H](c3ccc4ncnc(Nc5cc(C)c(Oc6ccn7ncnc7c6)cc5F)c4n3)C[C@@H]21. The second-order valence-electron chi connectivity index (χ2n) is 10.6. The predicted molar refractivity (Wildman–Crippen MR) is 151 cm³/mol. The molecule has 1 aliphatic heterocycles. The van der Waals surface area contributed by atoms with E-state index in [2.05, 4.69) is 31.9 Å². The third-order valence-corrected chi connectivity index (χ3v) is 8.18. The normalized spacial score (nSPS) is 20.0. The van der Waals surface area contributed by atoms with E-state index >= 15 is 4.39 Å². The maximum Gasteiger partial charge on any atom is 0.246 e. The fraction of sp³-hybridized carbons (Fsp3) is 0.267. The topological polar surface area (TPSA) is 110 Å². The molecule has 2 fully saturated rings. The molecule has 2 aliphatic rings. The number of carbonyl (C=O) groups excluding carboxylic acids is 1. The summed E-state index contributed by atoms with van der Waals surface area (Å²) in [7, 11) is 0. The lowest BCUT2D eigenvalue weighted by atomic mass is 9.99. The molecule has 0 radical (unpaired) electrons. The number of anilines is 2. The van der Waals surface area contributed by atoms with Crippen molar-refractivity contribution in [3.05, 3.63) is 85.0 Å². The monoisotopic (exact) mass is 550 g/mol. The van der Waals surface area contributed by atoms with E-state index in [4.69, 9.17) is 9.72 Å². The van der Waals surface area contributed by atoms with E-state index in [9.17, 15) is 4.79 Å². The molecule has 41 heavy (non-hydrogen) atoms. The van der Waals surface area contributed by atoms with Crippen molar-refractivity contribution in [1.29, 1.82) is 0 Å². The lowest BCUT2D eigenvalue weighted by Crippen LogP contribution is -2.34. The number of fused-ring (bicyclic) bond motifs is 3. The van der Waals surface area contributed by atoms with E-state index in [0.29, 0.717) is 39.9 Å². The first kappa shape index (κ1) is 25.1. The van der Waals surface area contributed by atoms with E-state index in [-0.39, 0.29) is 23.6 Å². The van der Waals surface area contributed by atoms with E-state index in [1.165, 1.54) is 24.8 Å². The van der Waals surface area contributed by atoms with Crippen molar-refractivity contribution in [2.24, 2.45) is 5.92 Å². The van der Waals surface area contributed by atoms with Gasteiger partial charge < -0.3 is 15.0 Å². The molecule has 1 saturated heterocycles. The second kappa shape index (κ2) is 9.92. The number of rotatable bonds is 6. The van der Waals surface area contributed by atoms with Gasteiger partial charge in [-0.05, 0) is 68.0 Å². The van der Waals surface area contributed by atoms with Gasteiger partial charge in [-0.15, -0.1) is 0 Å². The van der Waals surface area contributed by atoms with Crippen LogP contribution in [0.4, 0.5) is 15.9 Å². The summed E-state index contributed by atoms with van der Waals surface area (Å²) < 4.78 is 22.9. The van der Waals surface area contributed by atoms with Crippen LogP contribution in [0.1, 0.15) is 36.4 Å². The van der Waals surface area contributed by atoms with Crippen LogP contribution in [0.3, 0.4) is 0 Å². The molecular formula is C30H27FN8O2. The first-order chi connectivity index (χ1) is 20.0. The van der Waals surface area contributed by atoms with Crippen LogP contribution in [0, 0.1) is 18.7 Å². The van der Waals surface area contributed by atoms with Crippen molar-refractivity contribution in [3.8, 4) is 11.5 Å². The van der Waals surface area contributed by atoms with Crippen LogP contribution in [-0.2, 0) is 4.79 Å². The number of aryl methyl sites for hydroxylation is 1. The third-order valence-electron chi connectivity index (χ3n) is 8.18. The number of benzene rings is 1. The van der Waals surface area contributed by atoms with E-state index in [1.54, 1.807) is 28.9 Å². The molecule has 0 bridgehead atoms. The molecule has 7 rings (SSSR count). The molecule has 5 heterocycles. The molecule has 3 atom stereocenters. The Morgan fingerprint density at radius 3 is 2.93 bits per heavy atom. The Morgan fingerprint density at radius 2 is 2.05 bits per heavy atom. The molecule has 1 aromatic carbocycles. The van der Waals surface area contributed by atoms with Gasteiger partial charge in [0, 0.05) is 42.5 Å². The van der Waals surface area contributed by atoms with Crippen LogP contribution in [0.2, 0.25) is 0 Å². The van der Waals surface area contributed by atoms with Crippen molar-refractivity contribution >= 4 is 34.1 Å². The number of carbonyl (C=O) groups is 1. The van der Waals surface area contributed by atoms with Crippen LogP contribution in [0.15, 0.2) is 67.9 Å². The molecule has 0 spiro atoms. The summed E-state index contributed by atoms with van der Waals surface area (Å²) >= 11 is 0. The van der Waals surface area contributed by atoms with Gasteiger partial charge >= 0.3 is 0 Å². The smallest absolute Gasteiger partial charge is 0.246 e. The number of hydrogen-bond acceptors (Lipinski definition) is 8. The van der Waals surface area contributed by atoms with Crippen molar-refractivity contribution < 1.29 is 13.9 Å². The molecule has 1 N–H and O–H groups in total. The third kappa shape index (κ3) is 4.52. The van der Waals surface area contributed by atoms with Crippen LogP contribution in [0.5, 0.6) is 11.5 Å². The fourth-order valence-corrected chi connectivity index (χ4v) is 6.16. The maximum absolute atomic E-state index is 15.3. The van der Waals surface area contributed by atoms with Crippen LogP contribution < -0.4 is 10.1 Å². The number of hydrogen-bond donors (Lipinski definition) is 1. The molecule has 1 amide bonds. The van der Waals surface area contributed by atoms with Crippen LogP contribution >= 0.6 is 0 Å². The van der Waals surface area contributed by atoms with Crippen molar-refractivity contribution in [2.75, 3.05) is 11.9 Å². The average Bonchev–Trinajstić information content (AvgIpc) is 3.71. The summed E-state index contributed by atoms with van der Waals surface area (Å²) in [5.41, 5.74) is 3.78. The minimum absolute atomic E-state index is 0.00497. The fourth-order valence-electron chi connectivity index (χ4n) is 6.16. The highest BCUT2D eigenvalue weighted by molar-refractivity contribution is 5.88. The van der Waals surface area contributed by atoms with E-state index < -0.39 is 5.82 Å². The highest BCUT2D eigenvalue weighted by Crippen LogP contribution is 2.46. The molecule has 10 nitrogen and oxygen atoms in total. The quantitative estimate of drug-likeness (QED) is 0.283. The van der Waals surface area contributed by atoms with Gasteiger partial charge in [-0.2, -0.15) is 5.10 Å². The predicted octanol–water partition coefficient (Wildman–Crippen LogP) is 5.33. The Labute approximate surface area is 234 Å². The second-order valence-corrected chi connectivity index (χ2v) is 10.6. The van der Waals surface area contributed by atoms with E-state index in [1.807, 2.05) is 24.0 Å². The standard InChI is InChI=1S/C30H27FN8O2/c1-3-28(40)38-8-6-18-11-19(12-25(18)38)22-4-5-23-29(36-22)30(34-15-32-23)37-24-10-17(2)26(14-21(24)31)41-20-7-9-39-27(13-20)33-16-35-39/h3-5,7,9-10,13-16,18-19,25H,1,6,8,11-12H2,2H3,(H,32,34,37)/t18-,19+,25+/m1/s1. The van der Waals surface area contributed by atoms with Crippen LogP contribution in [-0.4, -0.2) is 52.9 Å². The minimum Gasteiger partial charge on any atom is -0.457 e. The Hall–Kier alpha value is -4.93. The molecule has 4 aromatic heterocycles. The first-order valence-electron chi connectivity index (χ1n) is 13.6. The number of ether oxygens (including phenoxy) is 1. The Balaban J connectivity index is 1.14. The summed E-state index contributed by atoms with van der Waals surface area (Å²) in [6.45, 7) is 6.29. The maximum atomic E-state index is 15.3. The first-order valence-corrected chi connectivity index (χ1v) is 13.6. The zero-order chi connectivity index (χ0) is 28.1. The number of nitrogens with one attached hydrogen (secondary N) is 1. The Kier molecular flexibility index (Phi) is 6.06. The van der Waals surface area contributed by atoms with Gasteiger partial charge in [0.05, 0.1) is 11.2 Å². The highest BCUT2D eigenvalue weighted by Gasteiger charge is 2.44. The van der Waals surface area contributed by atoms with Gasteiger partial charge in [-0.1, -0.05) is 6.58 Å². The Bertz CT molecular complexity index is 1820. The van der Waals surface area contributed by atoms with Gasteiger partial charge in [0.25, 0.3) is 0 Å². The molecule has 0 unspecified atom stereocenters. The van der Waals surface area contributed by atoms with Gasteiger partial charge in [0.15, 0.2) is 11.5 Å². The lowest BCUT2D eigenvalue weighted by Gasteiger charge is -2.23. The summed E-state index contributed by atoms with van der Waals surface area (Å²) in [5.74, 6) is 1.52. The van der Waals surface area contributed by atoms with Crippen molar-refractivity contribution in [3.63, 3.8) is 0 Å². The molecule has 1 saturated carbocycles. The van der Waals surface area contributed by atoms with Crippen LogP contribution in [0.25, 0.3) is 16.7 Å². The number of amides is 1. The largest absolute Gasteiger partial charge is 0.457 e. The summed E-state index contributed by atoms with van der Waals surface area (Å²) in [5, 5.41) is 7.20. The van der Waals surface area contributed by atoms with E-state index in [0.717, 1.165) is 37.1 Å². The number of halogens is 1. The number of likely N-dealkylation sites (tertiary alicyclic amines) is 1. The van der Waals surface area contributed by atoms with Crippen molar-refractivity contribution in [2.45, 2.75) is 38.1 Å². The molecule has 1 aliphatic carbocycles. The number of pyridine rings is 2. The summed E-state index contributed by atoms with van der Waals surface area (Å²) in [6, 6.07) is 10.6. The average molecular weight is 551 g/mol. The van der Waals surface area contributed by atoms with Gasteiger partial charge in [0.2, 0.25) is 5.91 Å². The number of nitrogens with zero attached hydrogens (tertiary/aromatic N) is 7. The van der Waals surface area contributed by atoms with Crippen molar-refractivity contribution in [1.82, 2.24) is 34.4 Å². The zero-order valence-electron chi connectivity index (χ0n) is 22.4. The van der Waals surface area contributed by atoms with Gasteiger partial charge in [0.1, 0.15) is 35.5 Å². The van der Waals surface area contributed by atoms with Gasteiger partial charge in [-0.3, -0.25) is 4.79 Å². The summed E-state index contributed by atoms with van der Waals surface area (Å²) in [6.07, 6.45) is 8.85. The molecule has 11 heteroatoms. The molecular weight excluding hydrogens is 523 g/mol. The number of aromatic nitrogens is 6. The Morgan fingerprint density at radius 1 is 1.15 bits per heavy atom. The molecule has 206 valence electrons. The molecule has 5 aromatic rings. The summed E-state index contributed by atoms with van der Waals surface area (Å²) in [4.78, 5) is 32.1. The minimum atomic E-state index is -0.493. The van der Waals surface area contributed by atoms with Gasteiger partial charge in [-0.25, -0.2) is 28.8 Å². The lowest BCUT2D eigenvalue weighted by molar-refractivity contribution is -0.126.